The highest BCUT2D eigenvalue weighted by Crippen LogP contribution is 2.31. The fourth-order valence-electron chi connectivity index (χ4n) is 4.98. The first-order valence-corrected chi connectivity index (χ1v) is 12.9. The van der Waals surface area contributed by atoms with E-state index in [4.69, 9.17) is 15.5 Å². The fraction of sp³-hybridized carbons (Fsp3) is 0.444. The number of aromatic nitrogens is 3. The highest BCUT2D eigenvalue weighted by atomic mass is 16.5. The normalized spacial score (nSPS) is 18.6. The van der Waals surface area contributed by atoms with E-state index in [1.807, 2.05) is 11.0 Å². The zero-order valence-electron chi connectivity index (χ0n) is 20.9. The molecule has 3 aromatic rings. The molecule has 4 heterocycles. The number of anilines is 1. The standard InChI is InChI=1S/C27H33N7O3/c28-24(35)5-6-25(36)34-12-7-19(8-13-34)18-1-3-20(4-2-18)22-15-23-26(31-10-9-30-23)27(33-22)32-17-21-16-29-11-14-37-21/h1-4,9-10,15,19,21,29H,5-8,11-14,16-17H2,(H2,28,35)(H,32,33). The number of carbonyl (C=O) groups is 2. The van der Waals surface area contributed by atoms with E-state index in [-0.39, 0.29) is 24.9 Å². The minimum absolute atomic E-state index is 0.00815. The first-order valence-electron chi connectivity index (χ1n) is 12.9. The molecule has 5 rings (SSSR count). The van der Waals surface area contributed by atoms with Crippen LogP contribution in [-0.2, 0) is 14.3 Å². The van der Waals surface area contributed by atoms with E-state index in [2.05, 4.69) is 44.9 Å². The van der Waals surface area contributed by atoms with Gasteiger partial charge in [-0.25, -0.2) is 9.97 Å². The molecule has 0 spiro atoms. The summed E-state index contributed by atoms with van der Waals surface area (Å²) in [5.74, 6) is 0.668. The number of hydrogen-bond acceptors (Lipinski definition) is 8. The molecule has 1 unspecified atom stereocenters. The molecule has 2 saturated heterocycles. The number of hydrogen-bond donors (Lipinski definition) is 3. The number of nitrogens with two attached hydrogens (primary N) is 1. The van der Waals surface area contributed by atoms with Crippen LogP contribution in [0.5, 0.6) is 0 Å². The summed E-state index contributed by atoms with van der Waals surface area (Å²) in [6, 6.07) is 10.5. The molecule has 37 heavy (non-hydrogen) atoms. The molecule has 2 aromatic heterocycles. The van der Waals surface area contributed by atoms with Gasteiger partial charge in [0.15, 0.2) is 5.82 Å². The van der Waals surface area contributed by atoms with Crippen LogP contribution in [0.3, 0.4) is 0 Å². The molecule has 1 atom stereocenters. The van der Waals surface area contributed by atoms with Gasteiger partial charge in [-0.3, -0.25) is 14.6 Å². The molecular weight excluding hydrogens is 470 g/mol. The van der Waals surface area contributed by atoms with Crippen molar-refractivity contribution in [2.24, 2.45) is 5.73 Å². The summed E-state index contributed by atoms with van der Waals surface area (Å²) in [6.07, 6.45) is 5.55. The summed E-state index contributed by atoms with van der Waals surface area (Å²) in [6.45, 7) is 4.42. The smallest absolute Gasteiger partial charge is 0.223 e. The Morgan fingerprint density at radius 3 is 2.62 bits per heavy atom. The predicted molar refractivity (Wildman–Crippen MR) is 141 cm³/mol. The van der Waals surface area contributed by atoms with Crippen LogP contribution in [0.25, 0.3) is 22.3 Å². The Morgan fingerprint density at radius 2 is 1.89 bits per heavy atom. The van der Waals surface area contributed by atoms with Crippen molar-refractivity contribution in [3.8, 4) is 11.3 Å². The third-order valence-corrected chi connectivity index (χ3v) is 7.07. The van der Waals surface area contributed by atoms with Crippen LogP contribution in [0.1, 0.15) is 37.2 Å². The number of ether oxygens (including phenoxy) is 1. The van der Waals surface area contributed by atoms with E-state index < -0.39 is 5.91 Å². The average molecular weight is 504 g/mol. The number of rotatable bonds is 8. The van der Waals surface area contributed by atoms with Crippen molar-refractivity contribution in [3.63, 3.8) is 0 Å². The van der Waals surface area contributed by atoms with Crippen LogP contribution >= 0.6 is 0 Å². The lowest BCUT2D eigenvalue weighted by Crippen LogP contribution is -2.42. The van der Waals surface area contributed by atoms with Gasteiger partial charge in [0.25, 0.3) is 0 Å². The van der Waals surface area contributed by atoms with Crippen molar-refractivity contribution in [1.82, 2.24) is 25.2 Å². The van der Waals surface area contributed by atoms with Gasteiger partial charge in [0, 0.05) is 63.5 Å². The van der Waals surface area contributed by atoms with Crippen molar-refractivity contribution in [3.05, 3.63) is 48.3 Å². The topological polar surface area (TPSA) is 135 Å². The lowest BCUT2D eigenvalue weighted by atomic mass is 9.88. The van der Waals surface area contributed by atoms with Crippen molar-refractivity contribution >= 4 is 28.7 Å². The lowest BCUT2D eigenvalue weighted by Gasteiger charge is -2.32. The first-order chi connectivity index (χ1) is 18.1. The maximum absolute atomic E-state index is 12.3. The molecule has 0 radical (unpaired) electrons. The number of morpholine rings is 1. The van der Waals surface area contributed by atoms with Crippen LogP contribution in [0.15, 0.2) is 42.7 Å². The Balaban J connectivity index is 1.26. The fourth-order valence-corrected chi connectivity index (χ4v) is 4.98. The Bertz CT molecular complexity index is 1240. The number of carbonyl (C=O) groups excluding carboxylic acids is 2. The van der Waals surface area contributed by atoms with Crippen molar-refractivity contribution in [1.29, 1.82) is 0 Å². The van der Waals surface area contributed by atoms with Crippen molar-refractivity contribution in [2.75, 3.05) is 44.6 Å². The molecule has 0 bridgehead atoms. The average Bonchev–Trinajstić information content (AvgIpc) is 2.95. The number of likely N-dealkylation sites (tertiary alicyclic amines) is 1. The summed E-state index contributed by atoms with van der Waals surface area (Å²) in [4.78, 5) is 39.0. The van der Waals surface area contributed by atoms with Crippen LogP contribution in [0, 0.1) is 0 Å². The van der Waals surface area contributed by atoms with E-state index >= 15 is 0 Å². The number of pyridine rings is 1. The summed E-state index contributed by atoms with van der Waals surface area (Å²) in [5, 5.41) is 6.77. The molecule has 0 aliphatic carbocycles. The zero-order chi connectivity index (χ0) is 25.6. The van der Waals surface area contributed by atoms with E-state index in [1.54, 1.807) is 12.4 Å². The molecule has 2 amide bonds. The van der Waals surface area contributed by atoms with Gasteiger partial charge in [0.1, 0.15) is 5.52 Å². The van der Waals surface area contributed by atoms with E-state index in [0.29, 0.717) is 38.0 Å². The number of nitrogens with zero attached hydrogens (tertiary/aromatic N) is 4. The maximum Gasteiger partial charge on any atom is 0.223 e. The van der Waals surface area contributed by atoms with Gasteiger partial charge < -0.3 is 26.0 Å². The molecule has 1 aromatic carbocycles. The van der Waals surface area contributed by atoms with Gasteiger partial charge in [-0.1, -0.05) is 24.3 Å². The number of nitrogens with one attached hydrogen (secondary N) is 2. The summed E-state index contributed by atoms with van der Waals surface area (Å²) >= 11 is 0. The lowest BCUT2D eigenvalue weighted by molar-refractivity contribution is -0.134. The molecule has 10 heteroatoms. The summed E-state index contributed by atoms with van der Waals surface area (Å²) in [5.41, 5.74) is 9.80. The SMILES string of the molecule is NC(=O)CCC(=O)N1CCC(c2ccc(-c3cc4nccnc4c(NCC4CNCCO4)n3)cc2)CC1. The number of amides is 2. The first kappa shape index (κ1) is 25.0. The zero-order valence-corrected chi connectivity index (χ0v) is 20.9. The monoisotopic (exact) mass is 503 g/mol. The molecule has 194 valence electrons. The van der Waals surface area contributed by atoms with Gasteiger partial charge in [-0.2, -0.15) is 0 Å². The molecule has 4 N–H and O–H groups in total. The van der Waals surface area contributed by atoms with Crippen molar-refractivity contribution < 1.29 is 14.3 Å². The van der Waals surface area contributed by atoms with Crippen LogP contribution in [-0.4, -0.2) is 77.1 Å². The number of fused-ring (bicyclic) bond motifs is 1. The van der Waals surface area contributed by atoms with Gasteiger partial charge >= 0.3 is 0 Å². The second-order valence-electron chi connectivity index (χ2n) is 9.60. The van der Waals surface area contributed by atoms with Gasteiger partial charge in [-0.15, -0.1) is 0 Å². The second-order valence-corrected chi connectivity index (χ2v) is 9.60. The third kappa shape index (κ3) is 6.20. The minimum atomic E-state index is -0.435. The number of primary amides is 1. The Hall–Kier alpha value is -3.63. The van der Waals surface area contributed by atoms with E-state index in [1.165, 1.54) is 5.56 Å². The highest BCUT2D eigenvalue weighted by Gasteiger charge is 2.24. The van der Waals surface area contributed by atoms with E-state index in [0.717, 1.165) is 48.2 Å². The summed E-state index contributed by atoms with van der Waals surface area (Å²) in [7, 11) is 0. The van der Waals surface area contributed by atoms with Crippen molar-refractivity contribution in [2.45, 2.75) is 37.7 Å². The molecule has 0 saturated carbocycles. The van der Waals surface area contributed by atoms with Crippen LogP contribution < -0.4 is 16.4 Å². The van der Waals surface area contributed by atoms with Gasteiger partial charge in [-0.05, 0) is 30.4 Å². The molecular formula is C27H33N7O3. The Labute approximate surface area is 216 Å². The molecule has 2 fully saturated rings. The maximum atomic E-state index is 12.3. The predicted octanol–water partition coefficient (Wildman–Crippen LogP) is 2.06. The Kier molecular flexibility index (Phi) is 7.86. The second kappa shape index (κ2) is 11.6. The number of piperidine rings is 1. The molecule has 10 nitrogen and oxygen atoms in total. The largest absolute Gasteiger partial charge is 0.374 e. The van der Waals surface area contributed by atoms with Gasteiger partial charge in [0.05, 0.1) is 23.9 Å². The summed E-state index contributed by atoms with van der Waals surface area (Å²) < 4.78 is 5.81. The minimum Gasteiger partial charge on any atom is -0.374 e. The molecule has 2 aliphatic heterocycles. The number of benzene rings is 1. The van der Waals surface area contributed by atoms with E-state index in [9.17, 15) is 9.59 Å². The van der Waals surface area contributed by atoms with Crippen LogP contribution in [0.2, 0.25) is 0 Å². The quantitative estimate of drug-likeness (QED) is 0.425. The Morgan fingerprint density at radius 1 is 1.11 bits per heavy atom. The van der Waals surface area contributed by atoms with Gasteiger partial charge in [0.2, 0.25) is 11.8 Å². The van der Waals surface area contributed by atoms with Crippen LogP contribution in [0.4, 0.5) is 5.82 Å². The molecule has 2 aliphatic rings. The highest BCUT2D eigenvalue weighted by molar-refractivity contribution is 5.88. The third-order valence-electron chi connectivity index (χ3n) is 7.07.